The first-order chi connectivity index (χ1) is 10.2. The van der Waals surface area contributed by atoms with Crippen LogP contribution in [0.25, 0.3) is 0 Å². The van der Waals surface area contributed by atoms with Crippen molar-refractivity contribution in [3.05, 3.63) is 60.7 Å². The van der Waals surface area contributed by atoms with Crippen molar-refractivity contribution in [3.8, 4) is 0 Å². The molecule has 0 heterocycles. The smallest absolute Gasteiger partial charge is 0.307 e. The van der Waals surface area contributed by atoms with Crippen LogP contribution in [-0.4, -0.2) is 19.1 Å². The molecule has 2 aromatic carbocycles. The topological polar surface area (TPSA) is 75.5 Å². The van der Waals surface area contributed by atoms with Gasteiger partial charge >= 0.3 is 12.1 Å². The first-order valence-corrected chi connectivity index (χ1v) is 6.32. The molecule has 0 aliphatic heterocycles. The van der Waals surface area contributed by atoms with Crippen molar-refractivity contribution in [2.75, 3.05) is 17.3 Å². The van der Waals surface area contributed by atoms with E-state index in [1.165, 1.54) is 4.90 Å². The number of nitrogens with zero attached hydrogens (tertiary/aromatic N) is 2. The summed E-state index contributed by atoms with van der Waals surface area (Å²) < 4.78 is 0. The van der Waals surface area contributed by atoms with Crippen LogP contribution in [0.5, 0.6) is 0 Å². The predicted octanol–water partition coefficient (Wildman–Crippen LogP) is 2.58. The summed E-state index contributed by atoms with van der Waals surface area (Å²) in [5, 5.41) is 2.56. The quantitative estimate of drug-likeness (QED) is 0.831. The van der Waals surface area contributed by atoms with Gasteiger partial charge in [0, 0.05) is 18.4 Å². The van der Waals surface area contributed by atoms with Crippen LogP contribution in [0.15, 0.2) is 60.7 Å². The monoisotopic (exact) mass is 283 g/mol. The molecule has 0 atom stereocenters. The number of amides is 4. The molecular formula is C15H15N4O2. The van der Waals surface area contributed by atoms with Crippen molar-refractivity contribution < 1.29 is 9.59 Å². The van der Waals surface area contributed by atoms with Gasteiger partial charge in [-0.2, -0.15) is 0 Å². The van der Waals surface area contributed by atoms with Crippen LogP contribution in [0, 0.1) is 0 Å². The minimum Gasteiger partial charge on any atom is -0.307 e. The number of hydrogen-bond acceptors (Lipinski definition) is 2. The fourth-order valence-electron chi connectivity index (χ4n) is 1.62. The third kappa shape index (κ3) is 4.24. The molecule has 0 saturated carbocycles. The van der Waals surface area contributed by atoms with E-state index in [-0.39, 0.29) is 0 Å². The van der Waals surface area contributed by atoms with Crippen LogP contribution in [-0.2, 0) is 0 Å². The average molecular weight is 283 g/mol. The van der Waals surface area contributed by atoms with Gasteiger partial charge < -0.3 is 5.32 Å². The normalized spacial score (nSPS) is 9.57. The molecule has 0 bridgehead atoms. The van der Waals surface area contributed by atoms with Crippen LogP contribution in [0.2, 0.25) is 0 Å². The Morgan fingerprint density at radius 3 is 2.14 bits per heavy atom. The summed E-state index contributed by atoms with van der Waals surface area (Å²) >= 11 is 0. The van der Waals surface area contributed by atoms with Gasteiger partial charge in [0.1, 0.15) is 0 Å². The fraction of sp³-hybridized carbons (Fsp3) is 0.0667. The van der Waals surface area contributed by atoms with Crippen molar-refractivity contribution in [1.29, 1.82) is 0 Å². The summed E-state index contributed by atoms with van der Waals surface area (Å²) in [6.45, 7) is 0. The zero-order valence-corrected chi connectivity index (χ0v) is 11.5. The van der Waals surface area contributed by atoms with E-state index in [0.717, 1.165) is 0 Å². The number of para-hydroxylation sites is 2. The number of carbonyl (C=O) groups is 2. The molecule has 6 nitrogen and oxygen atoms in total. The molecule has 21 heavy (non-hydrogen) atoms. The molecule has 4 amide bonds. The third-order valence-corrected chi connectivity index (χ3v) is 2.72. The molecule has 0 unspecified atom stereocenters. The molecule has 6 heteroatoms. The Morgan fingerprint density at radius 1 is 0.952 bits per heavy atom. The highest BCUT2D eigenvalue weighted by Gasteiger charge is 2.13. The first kappa shape index (κ1) is 14.4. The molecule has 0 aliphatic rings. The zero-order valence-electron chi connectivity index (χ0n) is 11.5. The van der Waals surface area contributed by atoms with E-state index in [2.05, 4.69) is 16.2 Å². The number of rotatable bonds is 2. The lowest BCUT2D eigenvalue weighted by molar-refractivity contribution is 0.233. The van der Waals surface area contributed by atoms with Gasteiger partial charge in [0.05, 0.1) is 0 Å². The second kappa shape index (κ2) is 6.95. The Morgan fingerprint density at radius 2 is 1.52 bits per heavy atom. The Hall–Kier alpha value is -3.02. The number of benzene rings is 2. The minimum atomic E-state index is -0.573. The van der Waals surface area contributed by atoms with Crippen molar-refractivity contribution in [2.45, 2.75) is 0 Å². The average Bonchev–Trinajstić information content (AvgIpc) is 2.53. The minimum absolute atomic E-state index is 0.565. The maximum Gasteiger partial charge on any atom is 0.364 e. The van der Waals surface area contributed by atoms with Gasteiger partial charge in [-0.15, -0.1) is 5.43 Å². The molecule has 2 aromatic rings. The standard InChI is InChI=1S/C15H15N4O2/c1-19(13-10-6-3-7-11-13)15(21)18-17-14(20)16-12-8-4-2-5-9-12/h2-11H,1H3,(H2,16,17,20). The molecular weight excluding hydrogens is 268 g/mol. The van der Waals surface area contributed by atoms with Crippen LogP contribution in [0.3, 0.4) is 0 Å². The summed E-state index contributed by atoms with van der Waals surface area (Å²) in [6.07, 6.45) is 0. The molecule has 107 valence electrons. The molecule has 0 fully saturated rings. The SMILES string of the molecule is CN(C(=O)[N]NC(=O)Nc1ccccc1)c1ccccc1. The van der Waals surface area contributed by atoms with E-state index < -0.39 is 12.1 Å². The van der Waals surface area contributed by atoms with E-state index in [9.17, 15) is 9.59 Å². The number of nitrogens with one attached hydrogen (secondary N) is 2. The summed E-state index contributed by atoms with van der Waals surface area (Å²) in [7, 11) is 1.58. The van der Waals surface area contributed by atoms with E-state index >= 15 is 0 Å². The first-order valence-electron chi connectivity index (χ1n) is 6.32. The summed E-state index contributed by atoms with van der Waals surface area (Å²) in [5.74, 6) is 0. The second-order valence-electron chi connectivity index (χ2n) is 4.22. The molecule has 0 aliphatic carbocycles. The number of carbonyl (C=O) groups excluding carboxylic acids is 2. The molecule has 0 saturated heterocycles. The lowest BCUT2D eigenvalue weighted by atomic mass is 10.3. The molecule has 2 rings (SSSR count). The van der Waals surface area contributed by atoms with Gasteiger partial charge in [0.2, 0.25) is 0 Å². The highest BCUT2D eigenvalue weighted by molar-refractivity contribution is 5.94. The van der Waals surface area contributed by atoms with Gasteiger partial charge in [-0.25, -0.2) is 15.0 Å². The molecule has 1 radical (unpaired) electrons. The maximum atomic E-state index is 11.8. The van der Waals surface area contributed by atoms with Crippen molar-refractivity contribution in [1.82, 2.24) is 10.9 Å². The van der Waals surface area contributed by atoms with Crippen molar-refractivity contribution in [2.24, 2.45) is 0 Å². The van der Waals surface area contributed by atoms with E-state index in [1.807, 2.05) is 24.3 Å². The Bertz CT molecular complexity index is 602. The van der Waals surface area contributed by atoms with Crippen LogP contribution >= 0.6 is 0 Å². The highest BCUT2D eigenvalue weighted by atomic mass is 16.2. The van der Waals surface area contributed by atoms with Crippen molar-refractivity contribution >= 4 is 23.4 Å². The Balaban J connectivity index is 1.82. The van der Waals surface area contributed by atoms with Crippen LogP contribution in [0.1, 0.15) is 0 Å². The Labute approximate surface area is 122 Å². The lowest BCUT2D eigenvalue weighted by Gasteiger charge is -2.16. The van der Waals surface area contributed by atoms with Gasteiger partial charge in [0.25, 0.3) is 0 Å². The predicted molar refractivity (Wildman–Crippen MR) is 81.0 cm³/mol. The van der Waals surface area contributed by atoms with Gasteiger partial charge in [-0.3, -0.25) is 4.90 Å². The summed E-state index contributed by atoms with van der Waals surface area (Å²) in [5.41, 5.74) is 7.00. The number of anilines is 2. The number of hydrogen-bond donors (Lipinski definition) is 2. The summed E-state index contributed by atoms with van der Waals surface area (Å²) in [4.78, 5) is 24.7. The van der Waals surface area contributed by atoms with Crippen LogP contribution < -0.4 is 21.1 Å². The summed E-state index contributed by atoms with van der Waals surface area (Å²) in [6, 6.07) is 16.8. The van der Waals surface area contributed by atoms with Gasteiger partial charge in [-0.1, -0.05) is 36.4 Å². The number of urea groups is 2. The van der Waals surface area contributed by atoms with E-state index in [1.54, 1.807) is 43.4 Å². The lowest BCUT2D eigenvalue weighted by Crippen LogP contribution is -2.44. The third-order valence-electron chi connectivity index (χ3n) is 2.72. The second-order valence-corrected chi connectivity index (χ2v) is 4.22. The molecule has 2 N–H and O–H groups in total. The van der Waals surface area contributed by atoms with Crippen LogP contribution in [0.4, 0.5) is 21.0 Å². The zero-order chi connectivity index (χ0) is 15.1. The largest absolute Gasteiger partial charge is 0.364 e. The highest BCUT2D eigenvalue weighted by Crippen LogP contribution is 2.10. The van der Waals surface area contributed by atoms with Gasteiger partial charge in [0.15, 0.2) is 0 Å². The van der Waals surface area contributed by atoms with E-state index in [4.69, 9.17) is 0 Å². The molecule has 0 aromatic heterocycles. The van der Waals surface area contributed by atoms with Gasteiger partial charge in [-0.05, 0) is 24.3 Å². The van der Waals surface area contributed by atoms with Crippen molar-refractivity contribution in [3.63, 3.8) is 0 Å². The fourth-order valence-corrected chi connectivity index (χ4v) is 1.62. The molecule has 0 spiro atoms. The Kier molecular flexibility index (Phi) is 4.76. The maximum absolute atomic E-state index is 11.8. The van der Waals surface area contributed by atoms with E-state index in [0.29, 0.717) is 11.4 Å².